The number of hydrogen-bond acceptors (Lipinski definition) is 4. The van der Waals surface area contributed by atoms with Crippen LogP contribution in [-0.2, 0) is 18.4 Å². The van der Waals surface area contributed by atoms with Gasteiger partial charge in [0.2, 0.25) is 5.91 Å². The van der Waals surface area contributed by atoms with Crippen molar-refractivity contribution >= 4 is 13.7 Å². The number of nitrogens with zero attached hydrogens (tertiary/aromatic N) is 1. The average Bonchev–Trinajstić information content (AvgIpc) is 2.18. The molecule has 6 heteroatoms. The molecule has 16 heavy (non-hydrogen) atoms. The standard InChI is InChI=1S/C10H22NO4P/c1-5-8-9-11(10(4)12)16(13,14-6-2)15-7-3/h5-9H2,1-4H3. The first kappa shape index (κ1) is 15.6. The van der Waals surface area contributed by atoms with Crippen molar-refractivity contribution in [2.75, 3.05) is 19.8 Å². The van der Waals surface area contributed by atoms with Crippen LogP contribution in [0.4, 0.5) is 0 Å². The molecule has 0 spiro atoms. The molecule has 0 unspecified atom stereocenters. The Morgan fingerprint density at radius 2 is 1.69 bits per heavy atom. The van der Waals surface area contributed by atoms with Crippen LogP contribution in [-0.4, -0.2) is 30.3 Å². The van der Waals surface area contributed by atoms with Crippen molar-refractivity contribution in [3.63, 3.8) is 0 Å². The first-order chi connectivity index (χ1) is 7.51. The van der Waals surface area contributed by atoms with Crippen molar-refractivity contribution in [3.8, 4) is 0 Å². The highest BCUT2D eigenvalue weighted by atomic mass is 31.2. The van der Waals surface area contributed by atoms with Crippen LogP contribution < -0.4 is 0 Å². The quantitative estimate of drug-likeness (QED) is 0.622. The summed E-state index contributed by atoms with van der Waals surface area (Å²) in [6.45, 7) is 7.75. The van der Waals surface area contributed by atoms with Crippen LogP contribution in [0.1, 0.15) is 40.5 Å². The lowest BCUT2D eigenvalue weighted by Crippen LogP contribution is -2.28. The fraction of sp³-hybridized carbons (Fsp3) is 0.900. The van der Waals surface area contributed by atoms with Gasteiger partial charge in [-0.25, -0.2) is 9.24 Å². The van der Waals surface area contributed by atoms with Crippen LogP contribution in [0.15, 0.2) is 0 Å². The molecule has 0 heterocycles. The van der Waals surface area contributed by atoms with Gasteiger partial charge in [0.25, 0.3) is 0 Å². The molecule has 96 valence electrons. The summed E-state index contributed by atoms with van der Waals surface area (Å²) in [5.41, 5.74) is 0. The van der Waals surface area contributed by atoms with Gasteiger partial charge in [0.15, 0.2) is 0 Å². The fourth-order valence-corrected chi connectivity index (χ4v) is 3.00. The lowest BCUT2D eigenvalue weighted by Gasteiger charge is -2.28. The Morgan fingerprint density at radius 1 is 1.19 bits per heavy atom. The molecule has 0 bridgehead atoms. The van der Waals surface area contributed by atoms with Gasteiger partial charge in [-0.2, -0.15) is 0 Å². The van der Waals surface area contributed by atoms with Crippen LogP contribution >= 0.6 is 7.75 Å². The van der Waals surface area contributed by atoms with Gasteiger partial charge in [-0.1, -0.05) is 13.3 Å². The van der Waals surface area contributed by atoms with Crippen molar-refractivity contribution < 1.29 is 18.4 Å². The normalized spacial score (nSPS) is 11.5. The lowest BCUT2D eigenvalue weighted by molar-refractivity contribution is -0.125. The van der Waals surface area contributed by atoms with Crippen molar-refractivity contribution in [1.82, 2.24) is 4.67 Å². The molecule has 0 rings (SSSR count). The van der Waals surface area contributed by atoms with Crippen molar-refractivity contribution in [2.45, 2.75) is 40.5 Å². The Morgan fingerprint density at radius 3 is 2.00 bits per heavy atom. The molecule has 0 aromatic rings. The largest absolute Gasteiger partial charge is 0.437 e. The van der Waals surface area contributed by atoms with E-state index in [4.69, 9.17) is 9.05 Å². The molecule has 0 aliphatic heterocycles. The molecule has 5 nitrogen and oxygen atoms in total. The Bertz CT molecular complexity index is 247. The molecule has 0 aliphatic rings. The second-order valence-corrected chi connectivity index (χ2v) is 5.24. The monoisotopic (exact) mass is 251 g/mol. The summed E-state index contributed by atoms with van der Waals surface area (Å²) in [4.78, 5) is 11.4. The fourth-order valence-electron chi connectivity index (χ4n) is 1.26. The Balaban J connectivity index is 4.78. The van der Waals surface area contributed by atoms with E-state index in [9.17, 15) is 9.36 Å². The van der Waals surface area contributed by atoms with Crippen LogP contribution in [0, 0.1) is 0 Å². The maximum Gasteiger partial charge on any atom is 0.437 e. The molecular formula is C10H22NO4P. The molecule has 0 fully saturated rings. The molecule has 0 radical (unpaired) electrons. The maximum atomic E-state index is 12.3. The first-order valence-corrected chi connectivity index (χ1v) is 7.19. The highest BCUT2D eigenvalue weighted by Gasteiger charge is 2.34. The Labute approximate surface area is 97.7 Å². The summed E-state index contributed by atoms with van der Waals surface area (Å²) >= 11 is 0. The zero-order valence-electron chi connectivity index (χ0n) is 10.6. The van der Waals surface area contributed by atoms with Crippen LogP contribution in [0.5, 0.6) is 0 Å². The Kier molecular flexibility index (Phi) is 7.64. The highest BCUT2D eigenvalue weighted by molar-refractivity contribution is 7.52. The molecule has 0 aliphatic carbocycles. The van der Waals surface area contributed by atoms with E-state index >= 15 is 0 Å². The predicted molar refractivity (Wildman–Crippen MR) is 63.2 cm³/mol. The second kappa shape index (κ2) is 7.82. The number of hydrogen-bond donors (Lipinski definition) is 0. The van der Waals surface area contributed by atoms with E-state index < -0.39 is 7.75 Å². The first-order valence-electron chi connectivity index (χ1n) is 5.69. The van der Waals surface area contributed by atoms with Gasteiger partial charge in [-0.15, -0.1) is 0 Å². The third-order valence-electron chi connectivity index (χ3n) is 1.97. The molecule has 0 saturated heterocycles. The topological polar surface area (TPSA) is 55.8 Å². The third kappa shape index (κ3) is 4.64. The van der Waals surface area contributed by atoms with Crippen LogP contribution in [0.25, 0.3) is 0 Å². The van der Waals surface area contributed by atoms with Gasteiger partial charge in [0.05, 0.1) is 13.2 Å². The summed E-state index contributed by atoms with van der Waals surface area (Å²) < 4.78 is 23.8. The van der Waals surface area contributed by atoms with E-state index in [1.54, 1.807) is 13.8 Å². The second-order valence-electron chi connectivity index (χ2n) is 3.30. The molecular weight excluding hydrogens is 229 g/mol. The van der Waals surface area contributed by atoms with Crippen molar-refractivity contribution in [1.29, 1.82) is 0 Å². The van der Waals surface area contributed by atoms with Gasteiger partial charge in [-0.3, -0.25) is 13.8 Å². The Hall–Kier alpha value is -0.380. The van der Waals surface area contributed by atoms with E-state index in [1.807, 2.05) is 6.92 Å². The van der Waals surface area contributed by atoms with Crippen LogP contribution in [0.2, 0.25) is 0 Å². The smallest absolute Gasteiger partial charge is 0.292 e. The summed E-state index contributed by atoms with van der Waals surface area (Å²) in [6.07, 6.45) is 1.70. The van der Waals surface area contributed by atoms with E-state index in [2.05, 4.69) is 0 Å². The van der Waals surface area contributed by atoms with Crippen LogP contribution in [0.3, 0.4) is 0 Å². The van der Waals surface area contributed by atoms with Crippen molar-refractivity contribution in [3.05, 3.63) is 0 Å². The van der Waals surface area contributed by atoms with E-state index in [0.717, 1.165) is 12.8 Å². The third-order valence-corrected chi connectivity index (χ3v) is 4.21. The number of unbranched alkanes of at least 4 members (excludes halogenated alkanes) is 1. The maximum absolute atomic E-state index is 12.3. The van der Waals surface area contributed by atoms with Gasteiger partial charge in [0, 0.05) is 13.5 Å². The number of carbonyl (C=O) groups is 1. The zero-order chi connectivity index (χ0) is 12.6. The molecule has 0 aromatic heterocycles. The molecule has 0 aromatic carbocycles. The number of carbonyl (C=O) groups excluding carboxylic acids is 1. The SMILES string of the molecule is CCCCN(C(C)=O)P(=O)(OCC)OCC. The van der Waals surface area contributed by atoms with Gasteiger partial charge >= 0.3 is 7.75 Å². The summed E-state index contributed by atoms with van der Waals surface area (Å²) in [5, 5.41) is 0. The average molecular weight is 251 g/mol. The highest BCUT2D eigenvalue weighted by Crippen LogP contribution is 2.51. The predicted octanol–water partition coefficient (Wildman–Crippen LogP) is 2.82. The number of amides is 1. The minimum atomic E-state index is -3.43. The summed E-state index contributed by atoms with van der Waals surface area (Å²) in [5.74, 6) is -0.279. The molecule has 0 atom stereocenters. The summed E-state index contributed by atoms with van der Waals surface area (Å²) in [6, 6.07) is 0. The van der Waals surface area contributed by atoms with Gasteiger partial charge in [-0.05, 0) is 20.3 Å². The minimum Gasteiger partial charge on any atom is -0.292 e. The zero-order valence-corrected chi connectivity index (χ0v) is 11.5. The minimum absolute atomic E-state index is 0.257. The van der Waals surface area contributed by atoms with Crippen molar-refractivity contribution in [2.24, 2.45) is 0 Å². The van der Waals surface area contributed by atoms with E-state index in [1.165, 1.54) is 11.6 Å². The van der Waals surface area contributed by atoms with Gasteiger partial charge < -0.3 is 0 Å². The summed E-state index contributed by atoms with van der Waals surface area (Å²) in [7, 11) is -3.43. The molecule has 1 amide bonds. The van der Waals surface area contributed by atoms with E-state index in [-0.39, 0.29) is 19.1 Å². The van der Waals surface area contributed by atoms with Gasteiger partial charge in [0.1, 0.15) is 0 Å². The van der Waals surface area contributed by atoms with E-state index in [0.29, 0.717) is 6.54 Å². The lowest BCUT2D eigenvalue weighted by atomic mass is 10.3. The number of rotatable bonds is 8. The molecule has 0 N–H and O–H groups in total. The molecule has 0 saturated carbocycles.